The van der Waals surface area contributed by atoms with E-state index in [1.807, 2.05) is 6.08 Å². The summed E-state index contributed by atoms with van der Waals surface area (Å²) in [6, 6.07) is 0. The summed E-state index contributed by atoms with van der Waals surface area (Å²) in [7, 11) is 0. The molecule has 0 unspecified atom stereocenters. The summed E-state index contributed by atoms with van der Waals surface area (Å²) >= 11 is 0. The Bertz CT molecular complexity index is 147. The van der Waals surface area contributed by atoms with Gasteiger partial charge in [0.1, 0.15) is 0 Å². The Hall–Kier alpha value is -0.850. The van der Waals surface area contributed by atoms with Gasteiger partial charge < -0.3 is 0 Å². The first kappa shape index (κ1) is 10.2. The number of ketones is 1. The van der Waals surface area contributed by atoms with E-state index in [0.29, 0.717) is 12.3 Å². The van der Waals surface area contributed by atoms with E-state index in [-0.39, 0.29) is 5.78 Å². The molecule has 0 aliphatic carbocycles. The maximum atomic E-state index is 10.8. The van der Waals surface area contributed by atoms with Gasteiger partial charge >= 0.3 is 0 Å². The molecule has 0 amide bonds. The third kappa shape index (κ3) is 5.59. The molecule has 11 heavy (non-hydrogen) atoms. The molecule has 0 saturated heterocycles. The van der Waals surface area contributed by atoms with Crippen molar-refractivity contribution in [2.24, 2.45) is 5.92 Å². The van der Waals surface area contributed by atoms with E-state index in [1.54, 1.807) is 0 Å². The SMILES string of the molecule is C=CCC[C@@H](C)CC(=O)C=C. The van der Waals surface area contributed by atoms with Crippen LogP contribution in [0.1, 0.15) is 26.2 Å². The highest BCUT2D eigenvalue weighted by molar-refractivity contribution is 5.89. The van der Waals surface area contributed by atoms with Gasteiger partial charge in [0, 0.05) is 6.42 Å². The van der Waals surface area contributed by atoms with Gasteiger partial charge in [-0.05, 0) is 24.8 Å². The maximum absolute atomic E-state index is 10.8. The number of allylic oxidation sites excluding steroid dienone is 2. The Kier molecular flexibility index (Phi) is 5.44. The molecule has 0 aliphatic rings. The van der Waals surface area contributed by atoms with Gasteiger partial charge in [0.05, 0.1) is 0 Å². The Morgan fingerprint density at radius 1 is 1.55 bits per heavy atom. The predicted molar refractivity (Wildman–Crippen MR) is 48.4 cm³/mol. The van der Waals surface area contributed by atoms with E-state index >= 15 is 0 Å². The lowest BCUT2D eigenvalue weighted by Gasteiger charge is -2.05. The number of carbonyl (C=O) groups is 1. The van der Waals surface area contributed by atoms with E-state index in [4.69, 9.17) is 0 Å². The summed E-state index contributed by atoms with van der Waals surface area (Å²) < 4.78 is 0. The fraction of sp³-hybridized carbons (Fsp3) is 0.500. The molecule has 0 N–H and O–H groups in total. The van der Waals surface area contributed by atoms with Crippen LogP contribution in [0.2, 0.25) is 0 Å². The van der Waals surface area contributed by atoms with Crippen molar-refractivity contribution in [1.29, 1.82) is 0 Å². The molecule has 1 heteroatoms. The van der Waals surface area contributed by atoms with E-state index in [9.17, 15) is 4.79 Å². The van der Waals surface area contributed by atoms with Crippen molar-refractivity contribution in [2.45, 2.75) is 26.2 Å². The van der Waals surface area contributed by atoms with E-state index < -0.39 is 0 Å². The van der Waals surface area contributed by atoms with Gasteiger partial charge in [0.25, 0.3) is 0 Å². The molecule has 0 spiro atoms. The van der Waals surface area contributed by atoms with Crippen molar-refractivity contribution < 1.29 is 4.79 Å². The average Bonchev–Trinajstić information content (AvgIpc) is 2.00. The number of hydrogen-bond donors (Lipinski definition) is 0. The minimum atomic E-state index is 0.140. The smallest absolute Gasteiger partial charge is 0.155 e. The van der Waals surface area contributed by atoms with Gasteiger partial charge in [-0.15, -0.1) is 6.58 Å². The molecule has 0 rings (SSSR count). The molecule has 0 saturated carbocycles. The summed E-state index contributed by atoms with van der Waals surface area (Å²) in [5.41, 5.74) is 0. The van der Waals surface area contributed by atoms with Crippen LogP contribution >= 0.6 is 0 Å². The Labute approximate surface area is 68.8 Å². The molecule has 0 fully saturated rings. The Morgan fingerprint density at radius 3 is 2.64 bits per heavy atom. The van der Waals surface area contributed by atoms with Crippen molar-refractivity contribution in [3.63, 3.8) is 0 Å². The summed E-state index contributed by atoms with van der Waals surface area (Å²) in [5, 5.41) is 0. The first-order valence-electron chi connectivity index (χ1n) is 3.96. The molecule has 1 atom stereocenters. The van der Waals surface area contributed by atoms with Crippen LogP contribution in [0, 0.1) is 5.92 Å². The lowest BCUT2D eigenvalue weighted by atomic mass is 9.99. The quantitative estimate of drug-likeness (QED) is 0.422. The zero-order valence-electron chi connectivity index (χ0n) is 7.18. The van der Waals surface area contributed by atoms with Crippen molar-refractivity contribution >= 4 is 5.78 Å². The Morgan fingerprint density at radius 2 is 2.18 bits per heavy atom. The van der Waals surface area contributed by atoms with E-state index in [2.05, 4.69) is 20.1 Å². The predicted octanol–water partition coefficient (Wildman–Crippen LogP) is 2.73. The van der Waals surface area contributed by atoms with Crippen LogP contribution in [0.4, 0.5) is 0 Å². The lowest BCUT2D eigenvalue weighted by Crippen LogP contribution is -2.01. The molecular weight excluding hydrogens is 136 g/mol. The first-order chi connectivity index (χ1) is 5.20. The second kappa shape index (κ2) is 5.90. The third-order valence-corrected chi connectivity index (χ3v) is 1.64. The number of rotatable bonds is 6. The van der Waals surface area contributed by atoms with E-state index in [0.717, 1.165) is 12.8 Å². The molecule has 0 aromatic rings. The van der Waals surface area contributed by atoms with Gasteiger partial charge in [0.15, 0.2) is 5.78 Å². The van der Waals surface area contributed by atoms with Gasteiger partial charge in [0.2, 0.25) is 0 Å². The van der Waals surface area contributed by atoms with Crippen LogP contribution in [0.25, 0.3) is 0 Å². The third-order valence-electron chi connectivity index (χ3n) is 1.64. The fourth-order valence-corrected chi connectivity index (χ4v) is 0.931. The van der Waals surface area contributed by atoms with Crippen molar-refractivity contribution in [3.8, 4) is 0 Å². The minimum Gasteiger partial charge on any atom is -0.295 e. The fourth-order valence-electron chi connectivity index (χ4n) is 0.931. The number of hydrogen-bond acceptors (Lipinski definition) is 1. The van der Waals surface area contributed by atoms with Crippen molar-refractivity contribution in [3.05, 3.63) is 25.3 Å². The van der Waals surface area contributed by atoms with Crippen LogP contribution in [0.15, 0.2) is 25.3 Å². The molecule has 0 aromatic heterocycles. The highest BCUT2D eigenvalue weighted by Crippen LogP contribution is 2.10. The summed E-state index contributed by atoms with van der Waals surface area (Å²) in [6.45, 7) is 9.13. The minimum absolute atomic E-state index is 0.140. The normalized spacial score (nSPS) is 12.1. The number of carbonyl (C=O) groups excluding carboxylic acids is 1. The maximum Gasteiger partial charge on any atom is 0.155 e. The molecule has 0 radical (unpaired) electrons. The molecule has 1 nitrogen and oxygen atoms in total. The van der Waals surface area contributed by atoms with Crippen LogP contribution in [0.5, 0.6) is 0 Å². The van der Waals surface area contributed by atoms with Crippen LogP contribution in [-0.4, -0.2) is 5.78 Å². The lowest BCUT2D eigenvalue weighted by molar-refractivity contribution is -0.115. The van der Waals surface area contributed by atoms with Crippen LogP contribution in [0.3, 0.4) is 0 Å². The highest BCUT2D eigenvalue weighted by atomic mass is 16.1. The van der Waals surface area contributed by atoms with Crippen LogP contribution < -0.4 is 0 Å². The van der Waals surface area contributed by atoms with Gasteiger partial charge in [-0.1, -0.05) is 19.6 Å². The second-order valence-corrected chi connectivity index (χ2v) is 2.85. The summed E-state index contributed by atoms with van der Waals surface area (Å²) in [6.07, 6.45) is 5.94. The molecule has 0 bridgehead atoms. The molecule has 62 valence electrons. The Balaban J connectivity index is 3.50. The summed E-state index contributed by atoms with van der Waals surface area (Å²) in [5.74, 6) is 0.597. The van der Waals surface area contributed by atoms with Gasteiger partial charge in [-0.25, -0.2) is 0 Å². The van der Waals surface area contributed by atoms with Gasteiger partial charge in [-0.3, -0.25) is 4.79 Å². The van der Waals surface area contributed by atoms with E-state index in [1.165, 1.54) is 6.08 Å². The summed E-state index contributed by atoms with van der Waals surface area (Å²) in [4.78, 5) is 10.8. The standard InChI is InChI=1S/C10H16O/c1-4-6-7-9(3)8-10(11)5-2/h4-5,9H,1-2,6-8H2,3H3/t9-/m1/s1. The first-order valence-corrected chi connectivity index (χ1v) is 3.96. The molecule has 0 aliphatic heterocycles. The van der Waals surface area contributed by atoms with Crippen molar-refractivity contribution in [2.75, 3.05) is 0 Å². The average molecular weight is 152 g/mol. The monoisotopic (exact) mass is 152 g/mol. The second-order valence-electron chi connectivity index (χ2n) is 2.85. The zero-order valence-corrected chi connectivity index (χ0v) is 7.18. The zero-order chi connectivity index (χ0) is 8.69. The van der Waals surface area contributed by atoms with Crippen molar-refractivity contribution in [1.82, 2.24) is 0 Å². The molecular formula is C10H16O. The largest absolute Gasteiger partial charge is 0.295 e. The topological polar surface area (TPSA) is 17.1 Å². The highest BCUT2D eigenvalue weighted by Gasteiger charge is 2.04. The van der Waals surface area contributed by atoms with Crippen LogP contribution in [-0.2, 0) is 4.79 Å². The molecule has 0 aromatic carbocycles. The molecule has 0 heterocycles. The van der Waals surface area contributed by atoms with Gasteiger partial charge in [-0.2, -0.15) is 0 Å².